The minimum Gasteiger partial charge on any atom is -0.342 e. The topological polar surface area (TPSA) is 76.3 Å². The van der Waals surface area contributed by atoms with Gasteiger partial charge in [0, 0.05) is 12.6 Å². The van der Waals surface area contributed by atoms with Gasteiger partial charge in [0.05, 0.1) is 6.20 Å². The Kier molecular flexibility index (Phi) is 4.28. The first-order valence-electron chi connectivity index (χ1n) is 7.02. The minimum absolute atomic E-state index is 0.111. The first kappa shape index (κ1) is 15.2. The van der Waals surface area contributed by atoms with E-state index in [4.69, 9.17) is 5.14 Å². The molecular formula is C15H17N3O2S2. The third-order valence-electron chi connectivity index (χ3n) is 3.61. The van der Waals surface area contributed by atoms with Crippen molar-refractivity contribution in [2.45, 2.75) is 23.1 Å². The molecular weight excluding hydrogens is 318 g/mol. The fourth-order valence-corrected chi connectivity index (χ4v) is 4.15. The normalized spacial score (nSPS) is 19.1. The van der Waals surface area contributed by atoms with Crippen LogP contribution in [0.25, 0.3) is 6.08 Å². The van der Waals surface area contributed by atoms with Gasteiger partial charge in [-0.05, 0) is 18.4 Å². The van der Waals surface area contributed by atoms with Crippen LogP contribution in [0.5, 0.6) is 0 Å². The van der Waals surface area contributed by atoms with Crippen LogP contribution >= 0.6 is 11.3 Å². The largest absolute Gasteiger partial charge is 0.342 e. The molecule has 5 nitrogen and oxygen atoms in total. The number of sulfonamides is 1. The number of aromatic nitrogens is 1. The van der Waals surface area contributed by atoms with E-state index < -0.39 is 10.0 Å². The summed E-state index contributed by atoms with van der Waals surface area (Å²) < 4.78 is 22.8. The fourth-order valence-electron chi connectivity index (χ4n) is 2.53. The molecule has 7 heteroatoms. The van der Waals surface area contributed by atoms with Crippen molar-refractivity contribution in [1.82, 2.24) is 4.98 Å². The van der Waals surface area contributed by atoms with Crippen LogP contribution in [0, 0.1) is 0 Å². The highest BCUT2D eigenvalue weighted by Gasteiger charge is 2.26. The number of benzene rings is 1. The molecule has 2 aromatic rings. The molecule has 1 unspecified atom stereocenters. The molecule has 2 N–H and O–H groups in total. The molecule has 1 saturated heterocycles. The van der Waals surface area contributed by atoms with Gasteiger partial charge in [0.15, 0.2) is 9.34 Å². The van der Waals surface area contributed by atoms with Crippen molar-refractivity contribution in [3.05, 3.63) is 48.2 Å². The maximum absolute atomic E-state index is 11.4. The predicted molar refractivity (Wildman–Crippen MR) is 89.3 cm³/mol. The summed E-state index contributed by atoms with van der Waals surface area (Å²) in [6.45, 7) is 0.876. The molecule has 1 aliphatic rings. The Hall–Kier alpha value is -1.70. The van der Waals surface area contributed by atoms with Gasteiger partial charge in [-0.2, -0.15) is 0 Å². The second kappa shape index (κ2) is 6.20. The standard InChI is InChI=1S/C15H17N3O2S2/c16-22(19,20)14-11-17-15(21-14)18-10-4-7-13(18)9-8-12-5-2-1-3-6-12/h1-3,5-6,8-9,11,13H,4,7,10H2,(H2,16,19,20). The monoisotopic (exact) mass is 335 g/mol. The molecule has 2 heterocycles. The van der Waals surface area contributed by atoms with E-state index in [0.717, 1.165) is 36.3 Å². The molecule has 0 spiro atoms. The Bertz CT molecular complexity index is 769. The summed E-state index contributed by atoms with van der Waals surface area (Å²) in [6, 6.07) is 10.3. The molecule has 1 atom stereocenters. The molecule has 0 bridgehead atoms. The molecule has 0 aliphatic carbocycles. The lowest BCUT2D eigenvalue weighted by Crippen LogP contribution is -2.27. The van der Waals surface area contributed by atoms with Crippen molar-refractivity contribution in [2.24, 2.45) is 5.14 Å². The molecule has 1 fully saturated rings. The van der Waals surface area contributed by atoms with Gasteiger partial charge in [-0.15, -0.1) is 0 Å². The van der Waals surface area contributed by atoms with E-state index in [9.17, 15) is 8.42 Å². The van der Waals surface area contributed by atoms with Crippen molar-refractivity contribution < 1.29 is 8.42 Å². The highest BCUT2D eigenvalue weighted by Crippen LogP contribution is 2.31. The lowest BCUT2D eigenvalue weighted by atomic mass is 10.1. The van der Waals surface area contributed by atoms with Crippen molar-refractivity contribution >= 4 is 32.6 Å². The van der Waals surface area contributed by atoms with E-state index in [1.165, 1.54) is 6.20 Å². The van der Waals surface area contributed by atoms with Crippen LogP contribution in [-0.2, 0) is 10.0 Å². The summed E-state index contributed by atoms with van der Waals surface area (Å²) in [5.74, 6) is 0. The van der Waals surface area contributed by atoms with E-state index in [1.54, 1.807) is 0 Å². The minimum atomic E-state index is -3.67. The molecule has 0 radical (unpaired) electrons. The van der Waals surface area contributed by atoms with Crippen LogP contribution in [-0.4, -0.2) is 26.0 Å². The second-order valence-electron chi connectivity index (χ2n) is 5.18. The average molecular weight is 335 g/mol. The first-order valence-corrected chi connectivity index (χ1v) is 9.39. The number of nitrogens with zero attached hydrogens (tertiary/aromatic N) is 2. The van der Waals surface area contributed by atoms with Gasteiger partial charge < -0.3 is 4.90 Å². The predicted octanol–water partition coefficient (Wildman–Crippen LogP) is 2.47. The number of primary sulfonamides is 1. The van der Waals surface area contributed by atoms with Crippen molar-refractivity contribution in [1.29, 1.82) is 0 Å². The lowest BCUT2D eigenvalue weighted by molar-refractivity contribution is 0.599. The van der Waals surface area contributed by atoms with Gasteiger partial charge in [-0.1, -0.05) is 53.8 Å². The zero-order chi connectivity index (χ0) is 15.6. The number of hydrogen-bond donors (Lipinski definition) is 1. The average Bonchev–Trinajstić information content (AvgIpc) is 3.14. The highest BCUT2D eigenvalue weighted by atomic mass is 32.2. The SMILES string of the molecule is NS(=O)(=O)c1cnc(N2CCCC2C=Cc2ccccc2)s1. The molecule has 1 aromatic heterocycles. The van der Waals surface area contributed by atoms with Crippen LogP contribution < -0.4 is 10.0 Å². The quantitative estimate of drug-likeness (QED) is 0.931. The van der Waals surface area contributed by atoms with E-state index in [1.807, 2.05) is 18.2 Å². The van der Waals surface area contributed by atoms with Crippen LogP contribution in [0.3, 0.4) is 0 Å². The van der Waals surface area contributed by atoms with E-state index in [0.29, 0.717) is 5.13 Å². The van der Waals surface area contributed by atoms with Crippen LogP contribution in [0.2, 0.25) is 0 Å². The third kappa shape index (κ3) is 3.37. The van der Waals surface area contributed by atoms with Gasteiger partial charge >= 0.3 is 0 Å². The van der Waals surface area contributed by atoms with E-state index >= 15 is 0 Å². The zero-order valence-corrected chi connectivity index (χ0v) is 13.6. The highest BCUT2D eigenvalue weighted by molar-refractivity contribution is 7.91. The Morgan fingerprint density at radius 3 is 2.77 bits per heavy atom. The summed E-state index contributed by atoms with van der Waals surface area (Å²) in [6.07, 6.45) is 7.69. The van der Waals surface area contributed by atoms with Gasteiger partial charge in [0.2, 0.25) is 10.0 Å². The first-order chi connectivity index (χ1) is 10.5. The second-order valence-corrected chi connectivity index (χ2v) is 7.98. The fraction of sp³-hybridized carbons (Fsp3) is 0.267. The van der Waals surface area contributed by atoms with Gasteiger partial charge in [-0.25, -0.2) is 18.5 Å². The molecule has 1 aliphatic heterocycles. The summed E-state index contributed by atoms with van der Waals surface area (Å²) in [4.78, 5) is 6.36. The zero-order valence-electron chi connectivity index (χ0n) is 11.9. The number of hydrogen-bond acceptors (Lipinski definition) is 5. The van der Waals surface area contributed by atoms with Gasteiger partial charge in [0.1, 0.15) is 0 Å². The Morgan fingerprint density at radius 1 is 1.32 bits per heavy atom. The Balaban J connectivity index is 1.79. The number of rotatable bonds is 4. The molecule has 0 saturated carbocycles. The van der Waals surface area contributed by atoms with Crippen molar-refractivity contribution in [3.63, 3.8) is 0 Å². The maximum atomic E-state index is 11.4. The lowest BCUT2D eigenvalue weighted by Gasteiger charge is -2.21. The van der Waals surface area contributed by atoms with E-state index in [-0.39, 0.29) is 10.3 Å². The summed E-state index contributed by atoms with van der Waals surface area (Å²) in [5.41, 5.74) is 1.15. The van der Waals surface area contributed by atoms with Crippen LogP contribution in [0.4, 0.5) is 5.13 Å². The smallest absolute Gasteiger partial charge is 0.249 e. The molecule has 3 rings (SSSR count). The van der Waals surface area contributed by atoms with Crippen LogP contribution in [0.1, 0.15) is 18.4 Å². The number of nitrogens with two attached hydrogens (primary N) is 1. The summed E-state index contributed by atoms with van der Waals surface area (Å²) in [5, 5.41) is 5.86. The summed E-state index contributed by atoms with van der Waals surface area (Å²) >= 11 is 1.13. The van der Waals surface area contributed by atoms with Gasteiger partial charge in [-0.3, -0.25) is 0 Å². The van der Waals surface area contributed by atoms with Crippen molar-refractivity contribution in [3.8, 4) is 0 Å². The number of anilines is 1. The van der Waals surface area contributed by atoms with Crippen molar-refractivity contribution in [2.75, 3.05) is 11.4 Å². The Morgan fingerprint density at radius 2 is 2.09 bits per heavy atom. The molecule has 22 heavy (non-hydrogen) atoms. The summed E-state index contributed by atoms with van der Waals surface area (Å²) in [7, 11) is -3.67. The number of thiazole rings is 1. The molecule has 116 valence electrons. The Labute approximate surface area is 134 Å². The van der Waals surface area contributed by atoms with E-state index in [2.05, 4.69) is 34.2 Å². The third-order valence-corrected chi connectivity index (χ3v) is 6.05. The molecule has 0 amide bonds. The molecule has 1 aromatic carbocycles. The van der Waals surface area contributed by atoms with Crippen LogP contribution in [0.15, 0.2) is 46.8 Å². The maximum Gasteiger partial charge on any atom is 0.249 e. The van der Waals surface area contributed by atoms with Gasteiger partial charge in [0.25, 0.3) is 0 Å².